The van der Waals surface area contributed by atoms with Crippen molar-refractivity contribution in [3.8, 4) is 0 Å². The van der Waals surface area contributed by atoms with Crippen LogP contribution in [0, 0.1) is 5.92 Å². The zero-order valence-corrected chi connectivity index (χ0v) is 14.8. The molecule has 140 valence electrons. The summed E-state index contributed by atoms with van der Waals surface area (Å²) in [5, 5.41) is 0.851. The second kappa shape index (κ2) is 7.80. The molecule has 2 aromatic rings. The molecule has 2 aliphatic rings. The summed E-state index contributed by atoms with van der Waals surface area (Å²) in [5.74, 6) is 0.789. The van der Waals surface area contributed by atoms with Crippen LogP contribution in [0.1, 0.15) is 25.1 Å². The minimum Gasteiger partial charge on any atom is -0.379 e. The summed E-state index contributed by atoms with van der Waals surface area (Å²) in [6.07, 6.45) is -0.442. The number of hydrogen-bond acceptors (Lipinski definition) is 5. The maximum Gasteiger partial charge on any atom is 0.297 e. The first-order chi connectivity index (χ1) is 12.7. The summed E-state index contributed by atoms with van der Waals surface area (Å²) in [4.78, 5) is 12.9. The molecule has 0 bridgehead atoms. The van der Waals surface area contributed by atoms with Gasteiger partial charge in [-0.25, -0.2) is 18.7 Å². The Bertz CT molecular complexity index is 751. The Morgan fingerprint density at radius 1 is 1.12 bits per heavy atom. The molecule has 7 heteroatoms. The highest BCUT2D eigenvalue weighted by molar-refractivity contribution is 5.89. The molecular formula is C19H24F2N4O. The highest BCUT2D eigenvalue weighted by atomic mass is 19.3. The van der Waals surface area contributed by atoms with Crippen molar-refractivity contribution in [2.45, 2.75) is 19.3 Å². The Morgan fingerprint density at radius 2 is 1.92 bits per heavy atom. The van der Waals surface area contributed by atoms with E-state index < -0.39 is 6.43 Å². The lowest BCUT2D eigenvalue weighted by molar-refractivity contribution is 0.0296. The quantitative estimate of drug-likeness (QED) is 0.836. The van der Waals surface area contributed by atoms with Gasteiger partial charge in [-0.3, -0.25) is 4.90 Å². The Morgan fingerprint density at radius 3 is 2.73 bits per heavy atom. The first kappa shape index (κ1) is 17.5. The molecule has 2 aliphatic heterocycles. The molecule has 4 rings (SSSR count). The van der Waals surface area contributed by atoms with E-state index in [-0.39, 0.29) is 5.82 Å². The summed E-state index contributed by atoms with van der Waals surface area (Å²) in [7, 11) is 0. The maximum absolute atomic E-state index is 13.3. The number of para-hydroxylation sites is 1. The molecule has 5 nitrogen and oxygen atoms in total. The van der Waals surface area contributed by atoms with E-state index in [1.165, 1.54) is 6.42 Å². The van der Waals surface area contributed by atoms with Crippen LogP contribution in [-0.2, 0) is 4.74 Å². The van der Waals surface area contributed by atoms with Crippen molar-refractivity contribution in [1.29, 1.82) is 0 Å². The van der Waals surface area contributed by atoms with Gasteiger partial charge in [0, 0.05) is 38.1 Å². The number of nitrogens with zero attached hydrogens (tertiary/aromatic N) is 4. The number of fused-ring (bicyclic) bond motifs is 1. The third kappa shape index (κ3) is 3.78. The van der Waals surface area contributed by atoms with Gasteiger partial charge in [-0.1, -0.05) is 12.1 Å². The van der Waals surface area contributed by atoms with Gasteiger partial charge in [-0.2, -0.15) is 0 Å². The van der Waals surface area contributed by atoms with Gasteiger partial charge in [-0.15, -0.1) is 0 Å². The molecule has 0 spiro atoms. The van der Waals surface area contributed by atoms with E-state index in [2.05, 4.69) is 19.8 Å². The number of rotatable bonds is 4. The standard InChI is InChI=1S/C19H24F2N4O/c20-17(21)18-22-16-6-2-1-5-15(16)19(23-18)25-7-3-4-14(13-25)12-24-8-10-26-11-9-24/h1-2,5-6,14,17H,3-4,7-13H2. The molecule has 1 aromatic carbocycles. The van der Waals surface area contributed by atoms with Crippen molar-refractivity contribution in [1.82, 2.24) is 14.9 Å². The number of anilines is 1. The molecule has 0 saturated carbocycles. The molecule has 3 heterocycles. The third-order valence-electron chi connectivity index (χ3n) is 5.23. The van der Waals surface area contributed by atoms with E-state index in [0.29, 0.717) is 17.3 Å². The number of piperidine rings is 1. The van der Waals surface area contributed by atoms with Crippen LogP contribution in [-0.4, -0.2) is 60.8 Å². The molecular weight excluding hydrogens is 338 g/mol. The highest BCUT2D eigenvalue weighted by Gasteiger charge is 2.26. The van der Waals surface area contributed by atoms with Crippen LogP contribution in [0.5, 0.6) is 0 Å². The second-order valence-corrected chi connectivity index (χ2v) is 7.09. The number of alkyl halides is 2. The smallest absolute Gasteiger partial charge is 0.297 e. The van der Waals surface area contributed by atoms with Crippen LogP contribution in [0.4, 0.5) is 14.6 Å². The van der Waals surface area contributed by atoms with Crippen LogP contribution < -0.4 is 4.90 Å². The number of ether oxygens (including phenoxy) is 1. The van der Waals surface area contributed by atoms with Gasteiger partial charge in [0.15, 0.2) is 5.82 Å². The normalized spacial score (nSPS) is 22.3. The predicted octanol–water partition coefficient (Wildman–Crippen LogP) is 3.12. The number of benzene rings is 1. The number of halogens is 2. The molecule has 26 heavy (non-hydrogen) atoms. The van der Waals surface area contributed by atoms with E-state index in [4.69, 9.17) is 4.74 Å². The minimum atomic E-state index is -2.66. The fraction of sp³-hybridized carbons (Fsp3) is 0.579. The van der Waals surface area contributed by atoms with E-state index in [1.54, 1.807) is 6.07 Å². The molecule has 2 saturated heterocycles. The largest absolute Gasteiger partial charge is 0.379 e. The van der Waals surface area contributed by atoms with Crippen molar-refractivity contribution in [2.24, 2.45) is 5.92 Å². The second-order valence-electron chi connectivity index (χ2n) is 7.09. The molecule has 0 amide bonds. The summed E-state index contributed by atoms with van der Waals surface area (Å²) in [6.45, 7) is 6.27. The van der Waals surface area contributed by atoms with Gasteiger partial charge < -0.3 is 9.64 Å². The van der Waals surface area contributed by atoms with Crippen molar-refractivity contribution < 1.29 is 13.5 Å². The average Bonchev–Trinajstić information content (AvgIpc) is 2.68. The lowest BCUT2D eigenvalue weighted by atomic mass is 9.97. The summed E-state index contributed by atoms with van der Waals surface area (Å²) in [5.41, 5.74) is 0.586. The van der Waals surface area contributed by atoms with Crippen molar-refractivity contribution in [3.63, 3.8) is 0 Å². The van der Waals surface area contributed by atoms with Crippen LogP contribution in [0.15, 0.2) is 24.3 Å². The summed E-state index contributed by atoms with van der Waals surface area (Å²) in [6, 6.07) is 7.44. The number of morpholine rings is 1. The topological polar surface area (TPSA) is 41.5 Å². The van der Waals surface area contributed by atoms with E-state index in [0.717, 1.165) is 57.7 Å². The van der Waals surface area contributed by atoms with Gasteiger partial charge in [0.05, 0.1) is 18.7 Å². The highest BCUT2D eigenvalue weighted by Crippen LogP contribution is 2.30. The third-order valence-corrected chi connectivity index (χ3v) is 5.23. The molecule has 1 unspecified atom stereocenters. The van der Waals surface area contributed by atoms with Crippen molar-refractivity contribution in [2.75, 3.05) is 50.8 Å². The van der Waals surface area contributed by atoms with Gasteiger partial charge in [0.2, 0.25) is 0 Å². The zero-order valence-electron chi connectivity index (χ0n) is 14.8. The SMILES string of the molecule is FC(F)c1nc(N2CCCC(CN3CCOCC3)C2)c2ccccc2n1. The van der Waals surface area contributed by atoms with Gasteiger partial charge >= 0.3 is 0 Å². The van der Waals surface area contributed by atoms with Crippen molar-refractivity contribution in [3.05, 3.63) is 30.1 Å². The summed E-state index contributed by atoms with van der Waals surface area (Å²) < 4.78 is 32.0. The van der Waals surface area contributed by atoms with Gasteiger partial charge in [0.1, 0.15) is 5.82 Å². The van der Waals surface area contributed by atoms with Gasteiger partial charge in [-0.05, 0) is 30.9 Å². The number of aromatic nitrogens is 2. The monoisotopic (exact) mass is 362 g/mol. The van der Waals surface area contributed by atoms with E-state index >= 15 is 0 Å². The summed E-state index contributed by atoms with van der Waals surface area (Å²) >= 11 is 0. The van der Waals surface area contributed by atoms with Crippen LogP contribution in [0.25, 0.3) is 10.9 Å². The molecule has 0 radical (unpaired) electrons. The molecule has 0 aliphatic carbocycles. The maximum atomic E-state index is 13.3. The zero-order chi connectivity index (χ0) is 17.9. The van der Waals surface area contributed by atoms with Crippen LogP contribution >= 0.6 is 0 Å². The Hall–Kier alpha value is -1.86. The fourth-order valence-corrected chi connectivity index (χ4v) is 3.97. The van der Waals surface area contributed by atoms with Crippen LogP contribution in [0.3, 0.4) is 0 Å². The Labute approximate surface area is 152 Å². The number of hydrogen-bond donors (Lipinski definition) is 0. The first-order valence-corrected chi connectivity index (χ1v) is 9.30. The predicted molar refractivity (Wildman–Crippen MR) is 96.7 cm³/mol. The fourth-order valence-electron chi connectivity index (χ4n) is 3.97. The van der Waals surface area contributed by atoms with E-state index in [1.807, 2.05) is 18.2 Å². The van der Waals surface area contributed by atoms with Crippen LogP contribution in [0.2, 0.25) is 0 Å². The first-order valence-electron chi connectivity index (χ1n) is 9.30. The van der Waals surface area contributed by atoms with E-state index in [9.17, 15) is 8.78 Å². The van der Waals surface area contributed by atoms with Crippen molar-refractivity contribution >= 4 is 16.7 Å². The molecule has 2 fully saturated rings. The lowest BCUT2D eigenvalue weighted by Crippen LogP contribution is -2.44. The minimum absolute atomic E-state index is 0.381. The molecule has 1 aromatic heterocycles. The Balaban J connectivity index is 1.57. The Kier molecular flexibility index (Phi) is 5.26. The molecule has 1 atom stereocenters. The lowest BCUT2D eigenvalue weighted by Gasteiger charge is -2.37. The molecule has 0 N–H and O–H groups in total. The van der Waals surface area contributed by atoms with Gasteiger partial charge in [0.25, 0.3) is 6.43 Å². The average molecular weight is 362 g/mol.